The third-order valence-corrected chi connectivity index (χ3v) is 5.29. The Morgan fingerprint density at radius 1 is 1.04 bits per heavy atom. The molecule has 0 N–H and O–H groups in total. The van der Waals surface area contributed by atoms with Crippen LogP contribution in [0, 0.1) is 37.9 Å². The molecule has 1 aliphatic heterocycles. The second-order valence-corrected chi connectivity index (χ2v) is 7.19. The Bertz CT molecular complexity index is 966. The Morgan fingerprint density at radius 3 is 2.32 bits per heavy atom. The fraction of sp³-hybridized carbons (Fsp3) is 0.304. The highest BCUT2D eigenvalue weighted by molar-refractivity contribution is 6.02. The fourth-order valence-corrected chi connectivity index (χ4v) is 3.46. The van der Waals surface area contributed by atoms with Gasteiger partial charge in [-0.25, -0.2) is 4.39 Å². The minimum absolute atomic E-state index is 0.130. The van der Waals surface area contributed by atoms with Crippen molar-refractivity contribution in [1.29, 1.82) is 5.26 Å². The number of amides is 1. The molecule has 0 unspecified atom stereocenters. The Balaban J connectivity index is 1.74. The predicted molar refractivity (Wildman–Crippen MR) is 109 cm³/mol. The molecular weight excluding hydrogens is 353 g/mol. The molecule has 0 saturated carbocycles. The number of carbonyl (C=O) groups excluding carboxylic acids is 1. The lowest BCUT2D eigenvalue weighted by molar-refractivity contribution is -0.126. The number of halogens is 1. The van der Waals surface area contributed by atoms with Gasteiger partial charge in [-0.3, -0.25) is 4.79 Å². The average molecular weight is 377 g/mol. The minimum atomic E-state index is -0.270. The molecule has 1 heterocycles. The van der Waals surface area contributed by atoms with Crippen LogP contribution >= 0.6 is 0 Å². The molecular formula is C23H24FN3O. The lowest BCUT2D eigenvalue weighted by Crippen LogP contribution is -2.49. The van der Waals surface area contributed by atoms with Crippen molar-refractivity contribution in [2.24, 2.45) is 0 Å². The number of nitriles is 1. The summed E-state index contributed by atoms with van der Waals surface area (Å²) in [5, 5.41) is 9.54. The molecule has 0 radical (unpaired) electrons. The Kier molecular flexibility index (Phi) is 5.79. The predicted octanol–water partition coefficient (Wildman–Crippen LogP) is 4.01. The lowest BCUT2D eigenvalue weighted by atomic mass is 9.99. The van der Waals surface area contributed by atoms with E-state index in [4.69, 9.17) is 0 Å². The summed E-state index contributed by atoms with van der Waals surface area (Å²) in [5.74, 6) is -0.529. The number of nitrogens with zero attached hydrogens (tertiary/aromatic N) is 3. The van der Waals surface area contributed by atoms with Gasteiger partial charge in [0.05, 0.1) is 5.69 Å². The zero-order chi connectivity index (χ0) is 20.3. The van der Waals surface area contributed by atoms with Crippen molar-refractivity contribution in [3.05, 3.63) is 70.0 Å². The van der Waals surface area contributed by atoms with Gasteiger partial charge < -0.3 is 9.80 Å². The van der Waals surface area contributed by atoms with Gasteiger partial charge in [-0.05, 0) is 61.2 Å². The summed E-state index contributed by atoms with van der Waals surface area (Å²) in [5.41, 5.74) is 4.91. The van der Waals surface area contributed by atoms with Crippen LogP contribution in [0.25, 0.3) is 6.08 Å². The Hall–Kier alpha value is -3.13. The van der Waals surface area contributed by atoms with Gasteiger partial charge in [0, 0.05) is 26.2 Å². The number of aryl methyl sites for hydroxylation is 3. The summed E-state index contributed by atoms with van der Waals surface area (Å²) in [6, 6.07) is 12.8. The minimum Gasteiger partial charge on any atom is -0.366 e. The van der Waals surface area contributed by atoms with E-state index < -0.39 is 0 Å². The Labute approximate surface area is 165 Å². The molecule has 5 heteroatoms. The molecule has 0 spiro atoms. The second kappa shape index (κ2) is 8.26. The number of anilines is 1. The molecule has 2 aromatic carbocycles. The van der Waals surface area contributed by atoms with E-state index in [2.05, 4.69) is 12.1 Å². The van der Waals surface area contributed by atoms with Gasteiger partial charge >= 0.3 is 0 Å². The maximum atomic E-state index is 14.0. The molecule has 1 saturated heterocycles. The van der Waals surface area contributed by atoms with Crippen LogP contribution in [-0.2, 0) is 4.79 Å². The third kappa shape index (κ3) is 4.07. The highest BCUT2D eigenvalue weighted by Crippen LogP contribution is 2.22. The van der Waals surface area contributed by atoms with Crippen LogP contribution in [0.2, 0.25) is 0 Å². The van der Waals surface area contributed by atoms with Crippen LogP contribution in [0.5, 0.6) is 0 Å². The standard InChI is InChI=1S/C23H24FN3O/c1-16-12-18(3)19(13-17(16)2)14-20(15-25)23(28)27-10-8-26(9-11-27)22-7-5-4-6-21(22)24/h4-7,12-14H,8-11H2,1-3H3/b20-14+. The molecule has 0 bridgehead atoms. The maximum Gasteiger partial charge on any atom is 0.264 e. The number of rotatable bonds is 3. The summed E-state index contributed by atoms with van der Waals surface area (Å²) < 4.78 is 14.0. The van der Waals surface area contributed by atoms with Crippen LogP contribution < -0.4 is 4.90 Å². The molecule has 0 atom stereocenters. The molecule has 144 valence electrons. The van der Waals surface area contributed by atoms with Crippen LogP contribution in [0.4, 0.5) is 10.1 Å². The smallest absolute Gasteiger partial charge is 0.264 e. The lowest BCUT2D eigenvalue weighted by Gasteiger charge is -2.36. The first kappa shape index (κ1) is 19.6. The zero-order valence-corrected chi connectivity index (χ0v) is 16.5. The summed E-state index contributed by atoms with van der Waals surface area (Å²) >= 11 is 0. The van der Waals surface area contributed by atoms with E-state index in [0.717, 1.165) is 16.7 Å². The molecule has 4 nitrogen and oxygen atoms in total. The fourth-order valence-electron chi connectivity index (χ4n) is 3.46. The van der Waals surface area contributed by atoms with Crippen molar-refractivity contribution >= 4 is 17.7 Å². The van der Waals surface area contributed by atoms with E-state index in [1.165, 1.54) is 11.6 Å². The van der Waals surface area contributed by atoms with Crippen LogP contribution in [-0.4, -0.2) is 37.0 Å². The van der Waals surface area contributed by atoms with E-state index in [1.54, 1.807) is 29.2 Å². The van der Waals surface area contributed by atoms with Crippen molar-refractivity contribution in [1.82, 2.24) is 4.90 Å². The van der Waals surface area contributed by atoms with Gasteiger partial charge in [-0.1, -0.05) is 24.3 Å². The number of para-hydroxylation sites is 1. The van der Waals surface area contributed by atoms with Crippen molar-refractivity contribution in [2.75, 3.05) is 31.1 Å². The van der Waals surface area contributed by atoms with Gasteiger partial charge in [0.2, 0.25) is 0 Å². The highest BCUT2D eigenvalue weighted by Gasteiger charge is 2.25. The molecule has 2 aromatic rings. The third-order valence-electron chi connectivity index (χ3n) is 5.29. The molecule has 1 fully saturated rings. The van der Waals surface area contributed by atoms with E-state index >= 15 is 0 Å². The van der Waals surface area contributed by atoms with Crippen molar-refractivity contribution < 1.29 is 9.18 Å². The topological polar surface area (TPSA) is 47.3 Å². The summed E-state index contributed by atoms with van der Waals surface area (Å²) in [6.07, 6.45) is 1.67. The monoisotopic (exact) mass is 377 g/mol. The number of piperazine rings is 1. The number of carbonyl (C=O) groups is 1. The molecule has 3 rings (SSSR count). The molecule has 1 amide bonds. The summed E-state index contributed by atoms with van der Waals surface area (Å²) in [7, 11) is 0. The van der Waals surface area contributed by atoms with Gasteiger partial charge in [-0.2, -0.15) is 5.26 Å². The van der Waals surface area contributed by atoms with E-state index in [1.807, 2.05) is 31.7 Å². The first-order chi connectivity index (χ1) is 13.4. The van der Waals surface area contributed by atoms with Gasteiger partial charge in [0.25, 0.3) is 5.91 Å². The normalized spacial score (nSPS) is 14.8. The van der Waals surface area contributed by atoms with Crippen LogP contribution in [0.3, 0.4) is 0 Å². The maximum absolute atomic E-state index is 14.0. The van der Waals surface area contributed by atoms with Crippen molar-refractivity contribution in [3.63, 3.8) is 0 Å². The zero-order valence-electron chi connectivity index (χ0n) is 16.5. The first-order valence-corrected chi connectivity index (χ1v) is 9.39. The second-order valence-electron chi connectivity index (χ2n) is 7.19. The van der Waals surface area contributed by atoms with E-state index in [0.29, 0.717) is 31.9 Å². The summed E-state index contributed by atoms with van der Waals surface area (Å²) in [6.45, 7) is 8.02. The largest absolute Gasteiger partial charge is 0.366 e. The van der Waals surface area contributed by atoms with Gasteiger partial charge in [0.1, 0.15) is 17.5 Å². The van der Waals surface area contributed by atoms with Crippen LogP contribution in [0.1, 0.15) is 22.3 Å². The van der Waals surface area contributed by atoms with Crippen molar-refractivity contribution in [3.8, 4) is 6.07 Å². The van der Waals surface area contributed by atoms with Gasteiger partial charge in [0.15, 0.2) is 0 Å². The van der Waals surface area contributed by atoms with Crippen LogP contribution in [0.15, 0.2) is 42.0 Å². The molecule has 28 heavy (non-hydrogen) atoms. The number of benzene rings is 2. The highest BCUT2D eigenvalue weighted by atomic mass is 19.1. The molecule has 0 aliphatic carbocycles. The van der Waals surface area contributed by atoms with E-state index in [9.17, 15) is 14.4 Å². The van der Waals surface area contributed by atoms with E-state index in [-0.39, 0.29) is 17.3 Å². The Morgan fingerprint density at radius 2 is 1.68 bits per heavy atom. The molecule has 0 aromatic heterocycles. The number of hydrogen-bond acceptors (Lipinski definition) is 3. The SMILES string of the molecule is Cc1cc(C)c(/C=C(\C#N)C(=O)N2CCN(c3ccccc3F)CC2)cc1C. The molecule has 1 aliphatic rings. The number of hydrogen-bond donors (Lipinski definition) is 0. The van der Waals surface area contributed by atoms with Crippen molar-refractivity contribution in [2.45, 2.75) is 20.8 Å². The first-order valence-electron chi connectivity index (χ1n) is 9.39. The quantitative estimate of drug-likeness (QED) is 0.600. The summed E-state index contributed by atoms with van der Waals surface area (Å²) in [4.78, 5) is 16.5. The average Bonchev–Trinajstić information content (AvgIpc) is 2.70. The van der Waals surface area contributed by atoms with Gasteiger partial charge in [-0.15, -0.1) is 0 Å².